The summed E-state index contributed by atoms with van der Waals surface area (Å²) in [6, 6.07) is 7.66. The van der Waals surface area contributed by atoms with Gasteiger partial charge in [0.1, 0.15) is 18.7 Å². The van der Waals surface area contributed by atoms with Crippen LogP contribution in [0, 0.1) is 11.8 Å². The molecule has 0 unspecified atom stereocenters. The first-order chi connectivity index (χ1) is 12.8. The van der Waals surface area contributed by atoms with Crippen molar-refractivity contribution in [2.75, 3.05) is 7.11 Å². The fraction of sp³-hybridized carbons (Fsp3) is 0.550. The Hall–Kier alpha value is -2.57. The lowest BCUT2D eigenvalue weighted by atomic mass is 9.97. The van der Waals surface area contributed by atoms with Gasteiger partial charge < -0.3 is 20.1 Å². The highest BCUT2D eigenvalue weighted by atomic mass is 16.5. The van der Waals surface area contributed by atoms with Crippen LogP contribution in [0.1, 0.15) is 39.7 Å². The second kappa shape index (κ2) is 11.2. The molecule has 0 aliphatic rings. The molecule has 1 aromatic carbocycles. The Balaban J connectivity index is 2.71. The zero-order valence-corrected chi connectivity index (χ0v) is 16.7. The second-order valence-electron chi connectivity index (χ2n) is 6.82. The van der Waals surface area contributed by atoms with E-state index in [0.29, 0.717) is 6.42 Å². The maximum atomic E-state index is 12.7. The molecule has 0 aliphatic heterocycles. The number of rotatable bonds is 9. The highest BCUT2D eigenvalue weighted by Crippen LogP contribution is 2.11. The molecule has 0 aliphatic carbocycles. The van der Waals surface area contributed by atoms with E-state index in [4.69, 9.17) is 9.47 Å². The number of nitrogens with one attached hydrogen (secondary N) is 2. The number of hydrogen-bond acceptors (Lipinski definition) is 5. The van der Waals surface area contributed by atoms with Crippen molar-refractivity contribution >= 4 is 18.0 Å². The summed E-state index contributed by atoms with van der Waals surface area (Å²) in [7, 11) is 1.28. The zero-order valence-electron chi connectivity index (χ0n) is 16.7. The number of methoxy groups -OCH3 is 1. The van der Waals surface area contributed by atoms with Crippen LogP contribution in [0.2, 0.25) is 0 Å². The molecule has 1 aromatic rings. The van der Waals surface area contributed by atoms with E-state index in [-0.39, 0.29) is 18.4 Å². The molecule has 0 radical (unpaired) electrons. The Morgan fingerprint density at radius 1 is 1.00 bits per heavy atom. The highest BCUT2D eigenvalue weighted by molar-refractivity contribution is 5.89. The number of esters is 1. The predicted molar refractivity (Wildman–Crippen MR) is 102 cm³/mol. The summed E-state index contributed by atoms with van der Waals surface area (Å²) in [5, 5.41) is 5.28. The first-order valence-corrected chi connectivity index (χ1v) is 9.15. The standard InChI is InChI=1S/C20H30N2O5/c1-6-14(4)17(19(24)26-5)21-18(23)16(13(2)3)22-20(25)27-12-15-10-8-7-9-11-15/h7-11,13-14,16-17H,6,12H2,1-5H3,(H,21,23)(H,22,25)/t14-,16+,17+/m1/s1. The third-order valence-electron chi connectivity index (χ3n) is 4.40. The normalized spacial score (nSPS) is 14.0. The van der Waals surface area contributed by atoms with E-state index in [9.17, 15) is 14.4 Å². The lowest BCUT2D eigenvalue weighted by Crippen LogP contribution is -2.55. The number of carbonyl (C=O) groups is 3. The van der Waals surface area contributed by atoms with Crippen molar-refractivity contribution in [3.05, 3.63) is 35.9 Å². The molecule has 150 valence electrons. The number of alkyl carbamates (subject to hydrolysis) is 1. The number of amides is 2. The molecule has 0 fully saturated rings. The van der Waals surface area contributed by atoms with Gasteiger partial charge in [-0.3, -0.25) is 4.79 Å². The van der Waals surface area contributed by atoms with Gasteiger partial charge in [0.15, 0.2) is 0 Å². The lowest BCUT2D eigenvalue weighted by molar-refractivity contribution is -0.147. The van der Waals surface area contributed by atoms with E-state index in [2.05, 4.69) is 10.6 Å². The molecule has 2 N–H and O–H groups in total. The molecule has 0 aromatic heterocycles. The largest absolute Gasteiger partial charge is 0.467 e. The van der Waals surface area contributed by atoms with Gasteiger partial charge in [-0.1, -0.05) is 64.4 Å². The molecule has 27 heavy (non-hydrogen) atoms. The lowest BCUT2D eigenvalue weighted by Gasteiger charge is -2.26. The molecule has 7 heteroatoms. The Labute approximate surface area is 160 Å². The zero-order chi connectivity index (χ0) is 20.4. The van der Waals surface area contributed by atoms with Crippen molar-refractivity contribution in [1.29, 1.82) is 0 Å². The number of hydrogen-bond donors (Lipinski definition) is 2. The fourth-order valence-corrected chi connectivity index (χ4v) is 2.47. The van der Waals surface area contributed by atoms with Crippen LogP contribution in [0.5, 0.6) is 0 Å². The Kier molecular flexibility index (Phi) is 9.33. The molecule has 0 saturated heterocycles. The van der Waals surface area contributed by atoms with Crippen LogP contribution in [0.3, 0.4) is 0 Å². The molecule has 2 amide bonds. The van der Waals surface area contributed by atoms with Gasteiger partial charge in [-0.15, -0.1) is 0 Å². The maximum absolute atomic E-state index is 12.7. The highest BCUT2D eigenvalue weighted by Gasteiger charge is 2.32. The topological polar surface area (TPSA) is 93.7 Å². The molecule has 7 nitrogen and oxygen atoms in total. The van der Waals surface area contributed by atoms with Gasteiger partial charge in [0.2, 0.25) is 5.91 Å². The van der Waals surface area contributed by atoms with Gasteiger partial charge >= 0.3 is 12.1 Å². The summed E-state index contributed by atoms with van der Waals surface area (Å²) in [6.07, 6.45) is 0.00437. The molecule has 0 spiro atoms. The summed E-state index contributed by atoms with van der Waals surface area (Å²) in [4.78, 5) is 36.7. The quantitative estimate of drug-likeness (QED) is 0.644. The van der Waals surface area contributed by atoms with Crippen LogP contribution in [-0.4, -0.2) is 37.2 Å². The van der Waals surface area contributed by atoms with Crippen molar-refractivity contribution in [3.63, 3.8) is 0 Å². The molecule has 1 rings (SSSR count). The van der Waals surface area contributed by atoms with Crippen molar-refractivity contribution in [2.24, 2.45) is 11.8 Å². The van der Waals surface area contributed by atoms with Crippen LogP contribution in [0.15, 0.2) is 30.3 Å². The van der Waals surface area contributed by atoms with Crippen LogP contribution in [0.25, 0.3) is 0 Å². The molecular formula is C20H30N2O5. The van der Waals surface area contributed by atoms with Crippen molar-refractivity contribution in [2.45, 2.75) is 52.8 Å². The molecular weight excluding hydrogens is 348 g/mol. The van der Waals surface area contributed by atoms with Gasteiger partial charge in [0, 0.05) is 0 Å². The number of carbonyl (C=O) groups excluding carboxylic acids is 3. The molecule has 3 atom stereocenters. The minimum Gasteiger partial charge on any atom is -0.467 e. The van der Waals surface area contributed by atoms with Gasteiger partial charge in [-0.2, -0.15) is 0 Å². The van der Waals surface area contributed by atoms with Gasteiger partial charge in [-0.05, 0) is 17.4 Å². The van der Waals surface area contributed by atoms with Crippen LogP contribution in [0.4, 0.5) is 4.79 Å². The van der Waals surface area contributed by atoms with Gasteiger partial charge in [0.05, 0.1) is 7.11 Å². The summed E-state index contributed by atoms with van der Waals surface area (Å²) < 4.78 is 9.96. The first kappa shape index (κ1) is 22.5. The monoisotopic (exact) mass is 378 g/mol. The molecule has 0 bridgehead atoms. The molecule has 0 saturated carbocycles. The van der Waals surface area contributed by atoms with Crippen LogP contribution >= 0.6 is 0 Å². The smallest absolute Gasteiger partial charge is 0.408 e. The van der Waals surface area contributed by atoms with Gasteiger partial charge in [-0.25, -0.2) is 9.59 Å². The number of ether oxygens (including phenoxy) is 2. The minimum absolute atomic E-state index is 0.0979. The van der Waals surface area contributed by atoms with Crippen molar-refractivity contribution in [3.8, 4) is 0 Å². The third kappa shape index (κ3) is 7.29. The summed E-state index contributed by atoms with van der Waals surface area (Å²) in [5.41, 5.74) is 0.848. The van der Waals surface area contributed by atoms with E-state index in [0.717, 1.165) is 5.56 Å². The van der Waals surface area contributed by atoms with E-state index >= 15 is 0 Å². The van der Waals surface area contributed by atoms with Crippen molar-refractivity contribution < 1.29 is 23.9 Å². The molecule has 0 heterocycles. The third-order valence-corrected chi connectivity index (χ3v) is 4.40. The predicted octanol–water partition coefficient (Wildman–Crippen LogP) is 2.64. The Bertz CT molecular complexity index is 618. The SMILES string of the molecule is CC[C@@H](C)[C@H](NC(=O)[C@@H](NC(=O)OCc1ccccc1)C(C)C)C(=O)OC. The van der Waals surface area contributed by atoms with Crippen LogP contribution < -0.4 is 10.6 Å². The summed E-state index contributed by atoms with van der Waals surface area (Å²) in [5.74, 6) is -1.24. The average Bonchev–Trinajstić information content (AvgIpc) is 2.67. The fourth-order valence-electron chi connectivity index (χ4n) is 2.47. The average molecular weight is 378 g/mol. The summed E-state index contributed by atoms with van der Waals surface area (Å²) >= 11 is 0. The van der Waals surface area contributed by atoms with Crippen LogP contribution in [-0.2, 0) is 25.7 Å². The minimum atomic E-state index is -0.829. The van der Waals surface area contributed by atoms with E-state index in [1.807, 2.05) is 44.2 Å². The van der Waals surface area contributed by atoms with E-state index in [1.165, 1.54) is 7.11 Å². The first-order valence-electron chi connectivity index (χ1n) is 9.15. The van der Waals surface area contributed by atoms with Gasteiger partial charge in [0.25, 0.3) is 0 Å². The summed E-state index contributed by atoms with van der Waals surface area (Å²) in [6.45, 7) is 7.49. The maximum Gasteiger partial charge on any atom is 0.408 e. The second-order valence-corrected chi connectivity index (χ2v) is 6.82. The Morgan fingerprint density at radius 2 is 1.63 bits per heavy atom. The van der Waals surface area contributed by atoms with Crippen molar-refractivity contribution in [1.82, 2.24) is 10.6 Å². The van der Waals surface area contributed by atoms with E-state index in [1.54, 1.807) is 13.8 Å². The Morgan fingerprint density at radius 3 is 2.15 bits per heavy atom. The van der Waals surface area contributed by atoms with E-state index < -0.39 is 30.1 Å². The number of benzene rings is 1.